The minimum atomic E-state index is -4.51. The number of nitrogens with zero attached hydrogens (tertiary/aromatic N) is 3. The lowest BCUT2D eigenvalue weighted by Gasteiger charge is -2.19. The van der Waals surface area contributed by atoms with Crippen LogP contribution in [-0.4, -0.2) is 40.2 Å². The largest absolute Gasteiger partial charge is 0.490 e. The molecule has 10 heteroatoms. The number of aryl methyl sites for hydroxylation is 2. The van der Waals surface area contributed by atoms with Crippen molar-refractivity contribution in [3.05, 3.63) is 47.3 Å². The van der Waals surface area contributed by atoms with Gasteiger partial charge in [-0.05, 0) is 62.6 Å². The van der Waals surface area contributed by atoms with E-state index in [0.29, 0.717) is 36.6 Å². The molecule has 1 saturated heterocycles. The first kappa shape index (κ1) is 23.2. The van der Waals surface area contributed by atoms with Gasteiger partial charge >= 0.3 is 6.18 Å². The highest BCUT2D eigenvalue weighted by atomic mass is 19.4. The Bertz CT molecular complexity index is 1130. The summed E-state index contributed by atoms with van der Waals surface area (Å²) in [5.41, 5.74) is 1.89. The number of hydrogen-bond donors (Lipinski definition) is 0. The average Bonchev–Trinajstić information content (AvgIpc) is 3.38. The number of aromatic nitrogens is 3. The van der Waals surface area contributed by atoms with Gasteiger partial charge in [0.2, 0.25) is 5.82 Å². The Labute approximate surface area is 188 Å². The number of halogens is 3. The Balaban J connectivity index is 1.53. The smallest absolute Gasteiger partial charge is 0.433 e. The Morgan fingerprint density at radius 3 is 2.58 bits per heavy atom. The molecule has 1 aliphatic rings. The molecule has 0 N–H and O–H groups in total. The molecule has 0 bridgehead atoms. The van der Waals surface area contributed by atoms with Gasteiger partial charge in [0.05, 0.1) is 12.2 Å². The molecule has 0 radical (unpaired) electrons. The van der Waals surface area contributed by atoms with Crippen molar-refractivity contribution in [2.45, 2.75) is 52.2 Å². The molecule has 1 fully saturated rings. The fourth-order valence-corrected chi connectivity index (χ4v) is 3.61. The van der Waals surface area contributed by atoms with Crippen molar-refractivity contribution in [1.82, 2.24) is 15.1 Å². The zero-order valence-corrected chi connectivity index (χ0v) is 18.7. The lowest BCUT2D eigenvalue weighted by molar-refractivity contribution is -0.141. The molecule has 176 valence electrons. The molecule has 1 aliphatic heterocycles. The third-order valence-electron chi connectivity index (χ3n) is 5.20. The number of benzene rings is 1. The third kappa shape index (κ3) is 5.17. The summed E-state index contributed by atoms with van der Waals surface area (Å²) in [4.78, 5) is 7.77. The van der Waals surface area contributed by atoms with E-state index in [-0.39, 0.29) is 12.0 Å². The van der Waals surface area contributed by atoms with Crippen molar-refractivity contribution in [1.29, 1.82) is 0 Å². The number of rotatable bonds is 6. The van der Waals surface area contributed by atoms with E-state index >= 15 is 0 Å². The van der Waals surface area contributed by atoms with Crippen LogP contribution in [0.25, 0.3) is 22.8 Å². The van der Waals surface area contributed by atoms with Gasteiger partial charge in [0.25, 0.3) is 5.89 Å². The van der Waals surface area contributed by atoms with E-state index in [1.165, 1.54) is 6.07 Å². The Hall–Kier alpha value is -2.98. The van der Waals surface area contributed by atoms with Crippen molar-refractivity contribution in [2.24, 2.45) is 0 Å². The molecule has 4 rings (SSSR count). The summed E-state index contributed by atoms with van der Waals surface area (Å²) in [6.45, 7) is 8.50. The molecule has 7 nitrogen and oxygen atoms in total. The highest BCUT2D eigenvalue weighted by Crippen LogP contribution is 2.33. The van der Waals surface area contributed by atoms with E-state index in [4.69, 9.17) is 18.7 Å². The lowest BCUT2D eigenvalue weighted by Crippen LogP contribution is -2.25. The van der Waals surface area contributed by atoms with Gasteiger partial charge in [-0.1, -0.05) is 12.1 Å². The summed E-state index contributed by atoms with van der Waals surface area (Å²) in [6.07, 6.45) is -2.88. The first-order valence-corrected chi connectivity index (χ1v) is 10.5. The lowest BCUT2D eigenvalue weighted by atomic mass is 10.0. The van der Waals surface area contributed by atoms with Crippen molar-refractivity contribution >= 4 is 0 Å². The molecule has 33 heavy (non-hydrogen) atoms. The van der Waals surface area contributed by atoms with Crippen LogP contribution in [0.15, 0.2) is 35.0 Å². The maximum atomic E-state index is 12.7. The molecule has 0 unspecified atom stereocenters. The zero-order chi connectivity index (χ0) is 23.8. The van der Waals surface area contributed by atoms with Gasteiger partial charge in [0, 0.05) is 11.8 Å². The molecule has 3 heterocycles. The molecule has 0 aliphatic carbocycles. The fraction of sp³-hybridized carbons (Fsp3) is 0.435. The van der Waals surface area contributed by atoms with Crippen LogP contribution in [0.5, 0.6) is 5.75 Å². The summed E-state index contributed by atoms with van der Waals surface area (Å²) in [5.74, 6) is 0.566. The highest BCUT2D eigenvalue weighted by molar-refractivity contribution is 5.63. The van der Waals surface area contributed by atoms with Crippen LogP contribution in [0.2, 0.25) is 0 Å². The Morgan fingerprint density at radius 1 is 1.18 bits per heavy atom. The van der Waals surface area contributed by atoms with Gasteiger partial charge in [-0.3, -0.25) is 4.98 Å². The quantitative estimate of drug-likeness (QED) is 0.496. The molecular weight excluding hydrogens is 439 g/mol. The predicted octanol–water partition coefficient (Wildman–Crippen LogP) is 5.22. The highest BCUT2D eigenvalue weighted by Gasteiger charge is 2.33. The second-order valence-electron chi connectivity index (χ2n) is 8.25. The van der Waals surface area contributed by atoms with Crippen LogP contribution in [0.1, 0.15) is 37.6 Å². The average molecular weight is 463 g/mol. The van der Waals surface area contributed by atoms with E-state index in [0.717, 1.165) is 29.1 Å². The minimum absolute atomic E-state index is 0.0863. The van der Waals surface area contributed by atoms with E-state index < -0.39 is 17.7 Å². The maximum absolute atomic E-state index is 12.7. The Morgan fingerprint density at radius 2 is 1.97 bits per heavy atom. The van der Waals surface area contributed by atoms with Gasteiger partial charge in [-0.2, -0.15) is 18.2 Å². The van der Waals surface area contributed by atoms with Gasteiger partial charge in [0.15, 0.2) is 5.79 Å². The molecule has 0 spiro atoms. The third-order valence-corrected chi connectivity index (χ3v) is 5.20. The summed E-state index contributed by atoms with van der Waals surface area (Å²) >= 11 is 0. The van der Waals surface area contributed by atoms with Crippen LogP contribution in [0.3, 0.4) is 0 Å². The number of ether oxygens (including phenoxy) is 3. The van der Waals surface area contributed by atoms with Crippen molar-refractivity contribution < 1.29 is 31.9 Å². The molecule has 1 atom stereocenters. The SMILES string of the molecule is CCc1cc(-c2noc(-c3ccc(C(F)(F)F)nc3)n2)cc(C)c1OC[C@@H]1COC(C)(C)O1. The van der Waals surface area contributed by atoms with Gasteiger partial charge < -0.3 is 18.7 Å². The molecule has 3 aromatic rings. The predicted molar refractivity (Wildman–Crippen MR) is 112 cm³/mol. The van der Waals surface area contributed by atoms with Gasteiger partial charge in [0.1, 0.15) is 24.2 Å². The minimum Gasteiger partial charge on any atom is -0.490 e. The number of alkyl halides is 3. The van der Waals surface area contributed by atoms with Crippen molar-refractivity contribution in [2.75, 3.05) is 13.2 Å². The molecule has 1 aromatic carbocycles. The Kier molecular flexibility index (Phi) is 6.15. The van der Waals surface area contributed by atoms with Crippen LogP contribution < -0.4 is 4.74 Å². The fourth-order valence-electron chi connectivity index (χ4n) is 3.61. The van der Waals surface area contributed by atoms with Gasteiger partial charge in [-0.15, -0.1) is 0 Å². The topological polar surface area (TPSA) is 79.5 Å². The van der Waals surface area contributed by atoms with E-state index in [1.807, 2.05) is 39.8 Å². The molecule has 2 aromatic heterocycles. The second kappa shape index (κ2) is 8.75. The van der Waals surface area contributed by atoms with Crippen molar-refractivity contribution in [3.8, 4) is 28.6 Å². The summed E-state index contributed by atoms with van der Waals surface area (Å²) in [5, 5.41) is 3.99. The van der Waals surface area contributed by atoms with E-state index in [9.17, 15) is 13.2 Å². The monoisotopic (exact) mass is 463 g/mol. The van der Waals surface area contributed by atoms with Crippen LogP contribution in [0, 0.1) is 6.92 Å². The maximum Gasteiger partial charge on any atom is 0.433 e. The van der Waals surface area contributed by atoms with Crippen LogP contribution in [-0.2, 0) is 22.1 Å². The first-order valence-electron chi connectivity index (χ1n) is 10.5. The second-order valence-corrected chi connectivity index (χ2v) is 8.25. The number of pyridine rings is 1. The number of hydrogen-bond acceptors (Lipinski definition) is 7. The van der Waals surface area contributed by atoms with E-state index in [1.54, 1.807) is 0 Å². The van der Waals surface area contributed by atoms with Gasteiger partial charge in [-0.25, -0.2) is 0 Å². The molecular formula is C23H24F3N3O4. The summed E-state index contributed by atoms with van der Waals surface area (Å²) < 4.78 is 60.9. The molecule has 0 saturated carbocycles. The van der Waals surface area contributed by atoms with E-state index in [2.05, 4.69) is 15.1 Å². The molecule has 0 amide bonds. The summed E-state index contributed by atoms with van der Waals surface area (Å²) in [7, 11) is 0. The first-order chi connectivity index (χ1) is 15.6. The normalized spacial score (nSPS) is 18.0. The zero-order valence-electron chi connectivity index (χ0n) is 18.7. The van der Waals surface area contributed by atoms with Crippen molar-refractivity contribution in [3.63, 3.8) is 0 Å². The van der Waals surface area contributed by atoms with Crippen LogP contribution in [0.4, 0.5) is 13.2 Å². The summed E-state index contributed by atoms with van der Waals surface area (Å²) in [6, 6.07) is 5.93. The van der Waals surface area contributed by atoms with Crippen LogP contribution >= 0.6 is 0 Å². The standard InChI is InChI=1S/C23H24F3N3O4/c1-5-14-9-16(8-13(2)19(14)30-11-17-12-31-22(3,4)32-17)20-28-21(33-29-20)15-6-7-18(27-10-15)23(24,25)26/h6-10,17H,5,11-12H2,1-4H3/t17-/m1/s1.